The largest absolute Gasteiger partial charge is 0.493 e. The molecule has 0 unspecified atom stereocenters. The van der Waals surface area contributed by atoms with Crippen LogP contribution in [-0.4, -0.2) is 11.2 Å². The molecule has 0 bridgehead atoms. The Morgan fingerprint density at radius 2 is 1.65 bits per heavy atom. The van der Waals surface area contributed by atoms with Gasteiger partial charge in [-0.2, -0.15) is 0 Å². The number of aryl methyl sites for hydroxylation is 5. The second-order valence-electron chi connectivity index (χ2n) is 7.12. The molecule has 0 aliphatic heterocycles. The number of hydrogen-bond donors (Lipinski definition) is 0. The van der Waals surface area contributed by atoms with E-state index in [0.717, 1.165) is 47.3 Å². The van der Waals surface area contributed by atoms with Crippen LogP contribution in [0.3, 0.4) is 0 Å². The molecule has 0 fully saturated rings. The quantitative estimate of drug-likeness (QED) is 0.580. The molecule has 2 aromatic carbocycles. The van der Waals surface area contributed by atoms with Gasteiger partial charge in [0.15, 0.2) is 0 Å². The highest BCUT2D eigenvalue weighted by molar-refractivity contribution is 5.86. The second kappa shape index (κ2) is 7.77. The van der Waals surface area contributed by atoms with Gasteiger partial charge in [-0.1, -0.05) is 29.8 Å². The Morgan fingerprint density at radius 1 is 0.885 bits per heavy atom. The fraction of sp³-hybridized carbons (Fsp3) is 0.348. The molecule has 0 aliphatic carbocycles. The van der Waals surface area contributed by atoms with Gasteiger partial charge in [0.1, 0.15) is 5.75 Å². The third kappa shape index (κ3) is 3.82. The third-order valence-corrected chi connectivity index (χ3v) is 4.87. The van der Waals surface area contributed by atoms with Gasteiger partial charge in [0.2, 0.25) is 0 Å². The number of fused-ring (bicyclic) bond motifs is 1. The Labute approximate surface area is 155 Å². The van der Waals surface area contributed by atoms with Gasteiger partial charge in [0.25, 0.3) is 5.56 Å². The minimum Gasteiger partial charge on any atom is -0.493 e. The van der Waals surface area contributed by atoms with Crippen LogP contribution in [-0.2, 0) is 6.54 Å². The first-order valence-corrected chi connectivity index (χ1v) is 9.27. The maximum atomic E-state index is 12.6. The van der Waals surface area contributed by atoms with E-state index in [9.17, 15) is 4.79 Å². The van der Waals surface area contributed by atoms with Crippen LogP contribution < -0.4 is 10.3 Å². The van der Waals surface area contributed by atoms with Crippen molar-refractivity contribution >= 4 is 10.9 Å². The van der Waals surface area contributed by atoms with E-state index >= 15 is 0 Å². The third-order valence-electron chi connectivity index (χ3n) is 4.87. The Hall–Kier alpha value is -2.55. The molecule has 0 amide bonds. The van der Waals surface area contributed by atoms with Crippen LogP contribution in [0.4, 0.5) is 0 Å². The molecule has 136 valence electrons. The van der Waals surface area contributed by atoms with Crippen LogP contribution in [0.1, 0.15) is 35.1 Å². The molecular formula is C23H27NO2. The van der Waals surface area contributed by atoms with Crippen molar-refractivity contribution in [1.29, 1.82) is 0 Å². The van der Waals surface area contributed by atoms with E-state index in [2.05, 4.69) is 39.0 Å². The average Bonchev–Trinajstić information content (AvgIpc) is 2.59. The molecule has 3 heteroatoms. The summed E-state index contributed by atoms with van der Waals surface area (Å²) in [5, 5.41) is 1.18. The molecule has 0 atom stereocenters. The lowest BCUT2D eigenvalue weighted by molar-refractivity contribution is 0.301. The standard InChI is InChI=1S/C23H27NO2/c1-16-13-19(4)23-20(14-16)18(3)15-22(25)24(23)11-7-8-12-26-21-10-6-5-9-17(21)2/h5-6,9-10,13-15H,7-8,11-12H2,1-4H3. The van der Waals surface area contributed by atoms with E-state index in [1.165, 1.54) is 10.9 Å². The summed E-state index contributed by atoms with van der Waals surface area (Å²) in [5.74, 6) is 0.941. The topological polar surface area (TPSA) is 31.2 Å². The van der Waals surface area contributed by atoms with Gasteiger partial charge < -0.3 is 9.30 Å². The van der Waals surface area contributed by atoms with Gasteiger partial charge in [-0.3, -0.25) is 4.79 Å². The summed E-state index contributed by atoms with van der Waals surface area (Å²) < 4.78 is 7.79. The highest BCUT2D eigenvalue weighted by atomic mass is 16.5. The number of para-hydroxylation sites is 1. The van der Waals surface area contributed by atoms with Crippen molar-refractivity contribution in [2.45, 2.75) is 47.1 Å². The van der Waals surface area contributed by atoms with Gasteiger partial charge in [-0.05, 0) is 69.4 Å². The van der Waals surface area contributed by atoms with Gasteiger partial charge >= 0.3 is 0 Å². The van der Waals surface area contributed by atoms with Crippen molar-refractivity contribution in [2.75, 3.05) is 6.61 Å². The van der Waals surface area contributed by atoms with E-state index < -0.39 is 0 Å². The van der Waals surface area contributed by atoms with Crippen LogP contribution in [0.15, 0.2) is 47.3 Å². The lowest BCUT2D eigenvalue weighted by atomic mass is 10.0. The fourth-order valence-electron chi connectivity index (χ4n) is 3.56. The summed E-state index contributed by atoms with van der Waals surface area (Å²) in [6, 6.07) is 14.1. The molecule has 0 saturated carbocycles. The van der Waals surface area contributed by atoms with E-state index in [1.54, 1.807) is 6.07 Å². The monoisotopic (exact) mass is 349 g/mol. The van der Waals surface area contributed by atoms with E-state index in [0.29, 0.717) is 6.61 Å². The highest BCUT2D eigenvalue weighted by Crippen LogP contribution is 2.23. The van der Waals surface area contributed by atoms with Crippen LogP contribution in [0.25, 0.3) is 10.9 Å². The van der Waals surface area contributed by atoms with E-state index in [-0.39, 0.29) is 5.56 Å². The summed E-state index contributed by atoms with van der Waals surface area (Å²) >= 11 is 0. The first kappa shape index (κ1) is 18.2. The summed E-state index contributed by atoms with van der Waals surface area (Å²) in [5.41, 5.74) is 5.75. The molecule has 0 N–H and O–H groups in total. The summed E-state index contributed by atoms with van der Waals surface area (Å²) in [7, 11) is 0. The van der Waals surface area contributed by atoms with Gasteiger partial charge in [0.05, 0.1) is 12.1 Å². The zero-order valence-electron chi connectivity index (χ0n) is 16.1. The zero-order chi connectivity index (χ0) is 18.7. The van der Waals surface area contributed by atoms with Gasteiger partial charge in [-0.15, -0.1) is 0 Å². The minimum atomic E-state index is 0.0850. The molecular weight excluding hydrogens is 322 g/mol. The van der Waals surface area contributed by atoms with Crippen molar-refractivity contribution < 1.29 is 4.74 Å². The molecule has 3 nitrogen and oxygen atoms in total. The Kier molecular flexibility index (Phi) is 5.46. The van der Waals surface area contributed by atoms with Crippen LogP contribution >= 0.6 is 0 Å². The SMILES string of the molecule is Cc1cc(C)c2c(c1)c(C)cc(=O)n2CCCCOc1ccccc1C. The van der Waals surface area contributed by atoms with Crippen molar-refractivity contribution in [2.24, 2.45) is 0 Å². The number of aromatic nitrogens is 1. The second-order valence-corrected chi connectivity index (χ2v) is 7.12. The number of rotatable bonds is 6. The average molecular weight is 349 g/mol. The van der Waals surface area contributed by atoms with Crippen molar-refractivity contribution in [1.82, 2.24) is 4.57 Å². The molecule has 3 rings (SSSR count). The maximum Gasteiger partial charge on any atom is 0.251 e. The number of pyridine rings is 1. The number of ether oxygens (including phenoxy) is 1. The summed E-state index contributed by atoms with van der Waals surface area (Å²) in [6.45, 7) is 9.65. The van der Waals surface area contributed by atoms with Gasteiger partial charge in [0, 0.05) is 18.0 Å². The molecule has 1 heterocycles. The smallest absolute Gasteiger partial charge is 0.251 e. The predicted octanol–water partition coefficient (Wildman–Crippen LogP) is 5.09. The Bertz CT molecular complexity index is 985. The molecule has 1 aromatic heterocycles. The molecule has 0 radical (unpaired) electrons. The fourth-order valence-corrected chi connectivity index (χ4v) is 3.56. The van der Waals surface area contributed by atoms with Crippen molar-refractivity contribution in [3.63, 3.8) is 0 Å². The van der Waals surface area contributed by atoms with Crippen molar-refractivity contribution in [3.05, 3.63) is 75.1 Å². The molecule has 0 spiro atoms. The maximum absolute atomic E-state index is 12.6. The van der Waals surface area contributed by atoms with Crippen molar-refractivity contribution in [3.8, 4) is 5.75 Å². The Balaban J connectivity index is 1.71. The van der Waals surface area contributed by atoms with Gasteiger partial charge in [-0.25, -0.2) is 0 Å². The molecule has 3 aromatic rings. The van der Waals surface area contributed by atoms with Crippen LogP contribution in [0, 0.1) is 27.7 Å². The van der Waals surface area contributed by atoms with Crippen LogP contribution in [0.2, 0.25) is 0 Å². The number of nitrogens with zero attached hydrogens (tertiary/aromatic N) is 1. The van der Waals surface area contributed by atoms with Crippen LogP contribution in [0.5, 0.6) is 5.75 Å². The highest BCUT2D eigenvalue weighted by Gasteiger charge is 2.09. The molecule has 0 aliphatic rings. The lowest BCUT2D eigenvalue weighted by Crippen LogP contribution is -2.21. The predicted molar refractivity (Wildman–Crippen MR) is 108 cm³/mol. The summed E-state index contributed by atoms with van der Waals surface area (Å²) in [4.78, 5) is 12.6. The Morgan fingerprint density at radius 3 is 2.42 bits per heavy atom. The molecule has 0 saturated heterocycles. The summed E-state index contributed by atoms with van der Waals surface area (Å²) in [6.07, 6.45) is 1.83. The lowest BCUT2D eigenvalue weighted by Gasteiger charge is -2.15. The number of unbranched alkanes of at least 4 members (excludes halogenated alkanes) is 1. The first-order chi connectivity index (χ1) is 12.5. The number of benzene rings is 2. The molecule has 26 heavy (non-hydrogen) atoms. The number of hydrogen-bond acceptors (Lipinski definition) is 2. The minimum absolute atomic E-state index is 0.0850. The normalized spacial score (nSPS) is 11.1. The first-order valence-electron chi connectivity index (χ1n) is 9.27. The zero-order valence-corrected chi connectivity index (χ0v) is 16.1. The van der Waals surface area contributed by atoms with E-state index in [1.807, 2.05) is 29.7 Å². The van der Waals surface area contributed by atoms with E-state index in [4.69, 9.17) is 4.74 Å².